The molecule has 272 valence electrons. The number of alkyl halides is 1. The molecule has 2 aliphatic heterocycles. The molecule has 0 bridgehead atoms. The molecule has 53 heavy (non-hydrogen) atoms. The van der Waals surface area contributed by atoms with Crippen molar-refractivity contribution in [1.82, 2.24) is 15.5 Å². The van der Waals surface area contributed by atoms with Gasteiger partial charge < -0.3 is 24.8 Å². The van der Waals surface area contributed by atoms with Crippen molar-refractivity contribution < 1.29 is 38.2 Å². The van der Waals surface area contributed by atoms with Gasteiger partial charge in [0.2, 0.25) is 5.91 Å². The van der Waals surface area contributed by atoms with Crippen LogP contribution in [0.2, 0.25) is 0 Å². The van der Waals surface area contributed by atoms with Gasteiger partial charge in [-0.3, -0.25) is 19.3 Å². The van der Waals surface area contributed by atoms with Crippen molar-refractivity contribution in [3.63, 3.8) is 0 Å². The smallest absolute Gasteiger partial charge is 0.408 e. The molecule has 4 aromatic rings. The van der Waals surface area contributed by atoms with E-state index in [0.717, 1.165) is 16.7 Å². The highest BCUT2D eigenvalue weighted by Crippen LogP contribution is 2.42. The highest BCUT2D eigenvalue weighted by molar-refractivity contribution is 9.09. The molecular weight excluding hydrogens is 762 g/mol. The highest BCUT2D eigenvalue weighted by atomic mass is 79.9. The van der Waals surface area contributed by atoms with E-state index in [9.17, 15) is 24.0 Å². The van der Waals surface area contributed by atoms with Crippen molar-refractivity contribution in [2.45, 2.75) is 36.9 Å². The molecule has 2 heterocycles. The van der Waals surface area contributed by atoms with Gasteiger partial charge in [0, 0.05) is 18.0 Å². The van der Waals surface area contributed by atoms with Crippen LogP contribution in [0.15, 0.2) is 127 Å². The van der Waals surface area contributed by atoms with Crippen molar-refractivity contribution in [3.05, 3.63) is 149 Å². The van der Waals surface area contributed by atoms with Crippen molar-refractivity contribution in [1.29, 1.82) is 0 Å². The van der Waals surface area contributed by atoms with Crippen LogP contribution in [0.5, 0.6) is 5.75 Å². The zero-order valence-corrected chi connectivity index (χ0v) is 31.0. The van der Waals surface area contributed by atoms with E-state index in [1.807, 2.05) is 60.7 Å². The minimum atomic E-state index is -1.14. The van der Waals surface area contributed by atoms with Crippen LogP contribution in [0.3, 0.4) is 0 Å². The molecule has 11 nitrogen and oxygen atoms in total. The van der Waals surface area contributed by atoms with Gasteiger partial charge in [0.05, 0.1) is 0 Å². The molecule has 3 atom stereocenters. The number of amides is 3. The number of β-lactam (4-membered cyclic amide) rings is 1. The molecule has 6 rings (SSSR count). The number of nitrogens with one attached hydrogen (secondary N) is 2. The Kier molecular flexibility index (Phi) is 12.3. The topological polar surface area (TPSA) is 140 Å². The van der Waals surface area contributed by atoms with Crippen LogP contribution in [0.25, 0.3) is 0 Å². The van der Waals surface area contributed by atoms with E-state index < -0.39 is 53.4 Å². The highest BCUT2D eigenvalue weighted by Gasteiger charge is 2.55. The summed E-state index contributed by atoms with van der Waals surface area (Å²) in [6.45, 7) is 1.42. The normalized spacial score (nSPS) is 16.9. The average Bonchev–Trinajstić information content (AvgIpc) is 3.18. The van der Waals surface area contributed by atoms with E-state index in [1.165, 1.54) is 23.6 Å². The van der Waals surface area contributed by atoms with Crippen LogP contribution in [0.4, 0.5) is 4.79 Å². The van der Waals surface area contributed by atoms with Gasteiger partial charge in [-0.05, 0) is 46.4 Å². The van der Waals surface area contributed by atoms with E-state index in [1.54, 1.807) is 54.6 Å². The Morgan fingerprint density at radius 3 is 2.00 bits per heavy atom. The third kappa shape index (κ3) is 8.98. The number of carbonyl (C=O) groups excluding carboxylic acids is 5. The Balaban J connectivity index is 1.29. The fourth-order valence-corrected chi connectivity index (χ4v) is 7.62. The summed E-state index contributed by atoms with van der Waals surface area (Å²) in [6, 6.07) is 32.1. The van der Waals surface area contributed by atoms with Crippen molar-refractivity contribution >= 4 is 57.5 Å². The summed E-state index contributed by atoms with van der Waals surface area (Å²) < 4.78 is 16.6. The first-order chi connectivity index (χ1) is 25.7. The summed E-state index contributed by atoms with van der Waals surface area (Å²) in [4.78, 5) is 67.5. The first kappa shape index (κ1) is 37.4. The SMILES string of the molecule is CC(=O)Oc1ccc(CC2=C(C(=O)OC(c3ccccc3)c3ccccc3)N3C(=O)[C@@H](NC(=O)[C@@H](NC(=O)OCCBr)c4ccccc4)[C@@H]3SC2)cc1. The molecular formula is C40H36BrN3O8S. The van der Waals surface area contributed by atoms with Crippen LogP contribution in [0, 0.1) is 0 Å². The number of halogens is 1. The fourth-order valence-electron chi connectivity index (χ4n) is 6.12. The number of hydrogen-bond donors (Lipinski definition) is 2. The van der Waals surface area contributed by atoms with Gasteiger partial charge in [-0.25, -0.2) is 9.59 Å². The summed E-state index contributed by atoms with van der Waals surface area (Å²) in [5.41, 5.74) is 3.61. The molecule has 2 aliphatic rings. The molecule has 0 aliphatic carbocycles. The predicted molar refractivity (Wildman–Crippen MR) is 202 cm³/mol. The van der Waals surface area contributed by atoms with Gasteiger partial charge in [-0.2, -0.15) is 0 Å². The molecule has 1 saturated heterocycles. The number of alkyl carbamates (subject to hydrolysis) is 1. The van der Waals surface area contributed by atoms with E-state index in [2.05, 4.69) is 26.6 Å². The van der Waals surface area contributed by atoms with Gasteiger partial charge in [0.25, 0.3) is 5.91 Å². The molecule has 2 N–H and O–H groups in total. The van der Waals surface area contributed by atoms with Crippen molar-refractivity contribution in [2.24, 2.45) is 0 Å². The van der Waals surface area contributed by atoms with Crippen LogP contribution < -0.4 is 15.4 Å². The quantitative estimate of drug-likeness (QED) is 0.0722. The average molecular weight is 799 g/mol. The monoisotopic (exact) mass is 797 g/mol. The standard InChI is InChI=1S/C40H36BrN3O8S/c1-25(45)51-31-19-17-26(18-20-31)23-30-24-53-38-33(42-36(46)32(27-11-5-2-6-12-27)43-40(49)50-22-21-41)37(47)44(38)34(30)39(48)52-35(28-13-7-3-8-14-28)29-15-9-4-10-16-29/h2-20,32-33,35,38H,21-24H2,1H3,(H,42,46)(H,43,49)/t32-,33+,38-/m0/s1. The lowest BCUT2D eigenvalue weighted by Crippen LogP contribution is -2.71. The van der Waals surface area contributed by atoms with E-state index in [0.29, 0.717) is 34.4 Å². The molecule has 3 amide bonds. The Morgan fingerprint density at radius 2 is 1.43 bits per heavy atom. The number of carbonyl (C=O) groups is 5. The first-order valence-electron chi connectivity index (χ1n) is 16.8. The molecule has 0 saturated carbocycles. The summed E-state index contributed by atoms with van der Waals surface area (Å²) in [5.74, 6) is -1.48. The maximum atomic E-state index is 14.4. The number of fused-ring (bicyclic) bond motifs is 1. The Hall–Kier alpha value is -5.40. The minimum Gasteiger partial charge on any atom is -0.449 e. The molecule has 0 spiro atoms. The fraction of sp³-hybridized carbons (Fsp3) is 0.225. The van der Waals surface area contributed by atoms with E-state index in [4.69, 9.17) is 14.2 Å². The molecule has 1 fully saturated rings. The lowest BCUT2D eigenvalue weighted by molar-refractivity contribution is -0.154. The summed E-state index contributed by atoms with van der Waals surface area (Å²) >= 11 is 4.62. The van der Waals surface area contributed by atoms with Gasteiger partial charge >= 0.3 is 18.0 Å². The number of thioether (sulfide) groups is 1. The maximum absolute atomic E-state index is 14.4. The Labute approximate surface area is 319 Å². The van der Waals surface area contributed by atoms with E-state index >= 15 is 0 Å². The first-order valence-corrected chi connectivity index (χ1v) is 19.0. The summed E-state index contributed by atoms with van der Waals surface area (Å²) in [7, 11) is 0. The van der Waals surface area contributed by atoms with Crippen LogP contribution in [0.1, 0.15) is 41.3 Å². The largest absolute Gasteiger partial charge is 0.449 e. The van der Waals surface area contributed by atoms with Crippen molar-refractivity contribution in [2.75, 3.05) is 17.7 Å². The predicted octanol–water partition coefficient (Wildman–Crippen LogP) is 6.00. The number of esters is 2. The number of rotatable bonds is 13. The summed E-state index contributed by atoms with van der Waals surface area (Å²) in [6.07, 6.45) is -1.24. The second kappa shape index (κ2) is 17.4. The maximum Gasteiger partial charge on any atom is 0.408 e. The zero-order valence-electron chi connectivity index (χ0n) is 28.6. The van der Waals surface area contributed by atoms with E-state index in [-0.39, 0.29) is 12.3 Å². The lowest BCUT2D eigenvalue weighted by Gasteiger charge is -2.50. The van der Waals surface area contributed by atoms with Gasteiger partial charge in [0.1, 0.15) is 35.5 Å². The van der Waals surface area contributed by atoms with Gasteiger partial charge in [-0.1, -0.05) is 119 Å². The third-order valence-electron chi connectivity index (χ3n) is 8.54. The van der Waals surface area contributed by atoms with Gasteiger partial charge in [-0.15, -0.1) is 11.8 Å². The molecule has 0 aromatic heterocycles. The second-order valence-electron chi connectivity index (χ2n) is 12.2. The number of benzene rings is 4. The van der Waals surface area contributed by atoms with Crippen LogP contribution >= 0.6 is 27.7 Å². The van der Waals surface area contributed by atoms with Crippen LogP contribution in [-0.4, -0.2) is 63.9 Å². The number of ether oxygens (including phenoxy) is 3. The molecule has 13 heteroatoms. The van der Waals surface area contributed by atoms with Crippen LogP contribution in [-0.2, 0) is 35.1 Å². The third-order valence-corrected chi connectivity index (χ3v) is 10.2. The molecule has 4 aromatic carbocycles. The summed E-state index contributed by atoms with van der Waals surface area (Å²) in [5, 5.41) is 5.22. The number of hydrogen-bond acceptors (Lipinski definition) is 9. The lowest BCUT2D eigenvalue weighted by atomic mass is 9.97. The molecule has 0 radical (unpaired) electrons. The minimum absolute atomic E-state index is 0.100. The zero-order chi connectivity index (χ0) is 37.3. The van der Waals surface area contributed by atoms with Crippen molar-refractivity contribution in [3.8, 4) is 5.75 Å². The second-order valence-corrected chi connectivity index (χ2v) is 14.1. The van der Waals surface area contributed by atoms with Gasteiger partial charge in [0.15, 0.2) is 6.10 Å². The Bertz CT molecular complexity index is 1940. The Morgan fingerprint density at radius 1 is 0.849 bits per heavy atom. The number of nitrogens with zero attached hydrogens (tertiary/aromatic N) is 1. The molecule has 0 unspecified atom stereocenters.